The fourth-order valence-corrected chi connectivity index (χ4v) is 2.48. The predicted octanol–water partition coefficient (Wildman–Crippen LogP) is 3.97. The first-order valence-electron chi connectivity index (χ1n) is 7.18. The monoisotopic (exact) mass is 267 g/mol. The van der Waals surface area contributed by atoms with E-state index in [1.807, 2.05) is 6.07 Å². The van der Waals surface area contributed by atoms with Crippen LogP contribution in [0.4, 0.5) is 10.1 Å². The average molecular weight is 267 g/mol. The number of aliphatic hydroxyl groups excluding tert-OH is 1. The lowest BCUT2D eigenvalue weighted by molar-refractivity contribution is 0.281. The van der Waals surface area contributed by atoms with E-state index in [9.17, 15) is 9.50 Å². The summed E-state index contributed by atoms with van der Waals surface area (Å²) in [7, 11) is 0. The summed E-state index contributed by atoms with van der Waals surface area (Å²) in [4.78, 5) is 2.27. The molecule has 0 unspecified atom stereocenters. The van der Waals surface area contributed by atoms with Crippen molar-refractivity contribution in [2.75, 3.05) is 11.4 Å². The van der Waals surface area contributed by atoms with Crippen LogP contribution in [0.2, 0.25) is 0 Å². The number of hydrogen-bond acceptors (Lipinski definition) is 2. The molecule has 0 bridgehead atoms. The van der Waals surface area contributed by atoms with Gasteiger partial charge >= 0.3 is 0 Å². The number of nitrogens with zero attached hydrogens (tertiary/aromatic N) is 1. The van der Waals surface area contributed by atoms with Gasteiger partial charge in [0.1, 0.15) is 5.82 Å². The van der Waals surface area contributed by atoms with Crippen molar-refractivity contribution >= 4 is 5.69 Å². The molecule has 2 nitrogen and oxygen atoms in total. The second-order valence-corrected chi connectivity index (χ2v) is 5.49. The molecule has 0 heterocycles. The topological polar surface area (TPSA) is 23.5 Å². The van der Waals surface area contributed by atoms with Crippen molar-refractivity contribution in [2.45, 2.75) is 53.2 Å². The Kier molecular flexibility index (Phi) is 6.29. The lowest BCUT2D eigenvalue weighted by Crippen LogP contribution is -2.37. The molecule has 0 aliphatic heterocycles. The van der Waals surface area contributed by atoms with E-state index in [0.717, 1.165) is 25.1 Å². The molecule has 1 N–H and O–H groups in total. The lowest BCUT2D eigenvalue weighted by atomic mass is 10.1. The molecule has 1 aromatic rings. The fourth-order valence-electron chi connectivity index (χ4n) is 2.48. The van der Waals surface area contributed by atoms with Gasteiger partial charge in [0.15, 0.2) is 0 Å². The van der Waals surface area contributed by atoms with Gasteiger partial charge < -0.3 is 10.0 Å². The highest BCUT2D eigenvalue weighted by molar-refractivity contribution is 5.50. The molecule has 0 radical (unpaired) electrons. The summed E-state index contributed by atoms with van der Waals surface area (Å²) >= 11 is 0. The van der Waals surface area contributed by atoms with Crippen molar-refractivity contribution in [1.29, 1.82) is 0 Å². The molecule has 0 aliphatic rings. The molecule has 3 heteroatoms. The molecule has 0 aliphatic carbocycles. The van der Waals surface area contributed by atoms with E-state index in [-0.39, 0.29) is 12.4 Å². The zero-order valence-corrected chi connectivity index (χ0v) is 12.5. The van der Waals surface area contributed by atoms with Gasteiger partial charge in [0.2, 0.25) is 0 Å². The van der Waals surface area contributed by atoms with Gasteiger partial charge in [0, 0.05) is 18.3 Å². The van der Waals surface area contributed by atoms with E-state index < -0.39 is 0 Å². The van der Waals surface area contributed by atoms with E-state index in [4.69, 9.17) is 0 Å². The maximum atomic E-state index is 13.6. The Bertz CT molecular complexity index is 388. The third kappa shape index (κ3) is 4.50. The maximum Gasteiger partial charge on any atom is 0.125 e. The van der Waals surface area contributed by atoms with Crippen molar-refractivity contribution in [3.63, 3.8) is 0 Å². The summed E-state index contributed by atoms with van der Waals surface area (Å²) < 4.78 is 13.6. The van der Waals surface area contributed by atoms with Crippen LogP contribution in [0.5, 0.6) is 0 Å². The van der Waals surface area contributed by atoms with Gasteiger partial charge in [0.25, 0.3) is 0 Å². The highest BCUT2D eigenvalue weighted by Gasteiger charge is 2.18. The minimum Gasteiger partial charge on any atom is -0.392 e. The Morgan fingerprint density at radius 3 is 2.26 bits per heavy atom. The maximum absolute atomic E-state index is 13.6. The van der Waals surface area contributed by atoms with Gasteiger partial charge in [-0.3, -0.25) is 0 Å². The highest BCUT2D eigenvalue weighted by atomic mass is 19.1. The second kappa shape index (κ2) is 7.49. The first kappa shape index (κ1) is 16.0. The second-order valence-electron chi connectivity index (χ2n) is 5.49. The quantitative estimate of drug-likeness (QED) is 0.808. The largest absolute Gasteiger partial charge is 0.392 e. The molecular weight excluding hydrogens is 241 g/mol. The van der Waals surface area contributed by atoms with Crippen LogP contribution in [0, 0.1) is 11.7 Å². The standard InChI is InChI=1S/C16H26FNO/c1-5-15(6-2)18(10-12(3)4)16-8-13(11-19)7-14(17)9-16/h7-9,12,15,19H,5-6,10-11H2,1-4H3. The van der Waals surface area contributed by atoms with E-state index >= 15 is 0 Å². The van der Waals surface area contributed by atoms with Crippen molar-refractivity contribution in [3.8, 4) is 0 Å². The van der Waals surface area contributed by atoms with Gasteiger partial charge in [-0.2, -0.15) is 0 Å². The van der Waals surface area contributed by atoms with Crippen LogP contribution in [0.25, 0.3) is 0 Å². The molecule has 0 fully saturated rings. The molecule has 0 spiro atoms. The molecule has 19 heavy (non-hydrogen) atoms. The highest BCUT2D eigenvalue weighted by Crippen LogP contribution is 2.24. The van der Waals surface area contributed by atoms with Crippen LogP contribution in [-0.2, 0) is 6.61 Å². The zero-order valence-electron chi connectivity index (χ0n) is 12.5. The Labute approximate surface area is 116 Å². The van der Waals surface area contributed by atoms with Crippen LogP contribution in [0.3, 0.4) is 0 Å². The molecule has 1 rings (SSSR count). The summed E-state index contributed by atoms with van der Waals surface area (Å²) in [5.74, 6) is 0.239. The third-order valence-corrected chi connectivity index (χ3v) is 3.40. The molecule has 0 atom stereocenters. The molecular formula is C16H26FNO. The molecule has 0 amide bonds. The molecule has 1 aromatic carbocycles. The van der Waals surface area contributed by atoms with E-state index in [1.165, 1.54) is 6.07 Å². The van der Waals surface area contributed by atoms with Crippen molar-refractivity contribution in [3.05, 3.63) is 29.6 Å². The number of halogens is 1. The molecule has 0 aromatic heterocycles. The van der Waals surface area contributed by atoms with E-state index in [1.54, 1.807) is 6.07 Å². The van der Waals surface area contributed by atoms with Gasteiger partial charge in [-0.05, 0) is 42.5 Å². The average Bonchev–Trinajstić information content (AvgIpc) is 2.37. The Morgan fingerprint density at radius 1 is 1.16 bits per heavy atom. The van der Waals surface area contributed by atoms with E-state index in [0.29, 0.717) is 17.5 Å². The first-order chi connectivity index (χ1) is 9.01. The van der Waals surface area contributed by atoms with Crippen molar-refractivity contribution in [1.82, 2.24) is 0 Å². The van der Waals surface area contributed by atoms with Crippen LogP contribution in [0.1, 0.15) is 46.1 Å². The minimum atomic E-state index is -0.277. The van der Waals surface area contributed by atoms with Crippen molar-refractivity contribution in [2.24, 2.45) is 5.92 Å². The van der Waals surface area contributed by atoms with Gasteiger partial charge in [-0.1, -0.05) is 27.7 Å². The predicted molar refractivity (Wildman–Crippen MR) is 78.9 cm³/mol. The first-order valence-corrected chi connectivity index (χ1v) is 7.18. The van der Waals surface area contributed by atoms with Crippen molar-refractivity contribution < 1.29 is 9.50 Å². The summed E-state index contributed by atoms with van der Waals surface area (Å²) in [6.07, 6.45) is 2.07. The fraction of sp³-hybridized carbons (Fsp3) is 0.625. The smallest absolute Gasteiger partial charge is 0.125 e. The van der Waals surface area contributed by atoms with Gasteiger partial charge in [-0.25, -0.2) is 4.39 Å². The lowest BCUT2D eigenvalue weighted by Gasteiger charge is -2.34. The van der Waals surface area contributed by atoms with Crippen LogP contribution in [0.15, 0.2) is 18.2 Å². The van der Waals surface area contributed by atoms with Crippen LogP contribution >= 0.6 is 0 Å². The Hall–Kier alpha value is -1.09. The third-order valence-electron chi connectivity index (χ3n) is 3.40. The normalized spacial score (nSPS) is 11.4. The van der Waals surface area contributed by atoms with Crippen LogP contribution in [-0.4, -0.2) is 17.7 Å². The number of rotatable bonds is 7. The molecule has 0 saturated heterocycles. The summed E-state index contributed by atoms with van der Waals surface area (Å²) in [6, 6.07) is 5.27. The zero-order chi connectivity index (χ0) is 14.4. The number of benzene rings is 1. The molecule has 0 saturated carbocycles. The SMILES string of the molecule is CCC(CC)N(CC(C)C)c1cc(F)cc(CO)c1. The Morgan fingerprint density at radius 2 is 1.79 bits per heavy atom. The van der Waals surface area contributed by atoms with Crippen LogP contribution < -0.4 is 4.90 Å². The van der Waals surface area contributed by atoms with Gasteiger partial charge in [-0.15, -0.1) is 0 Å². The number of anilines is 1. The summed E-state index contributed by atoms with van der Waals surface area (Å²) in [6.45, 7) is 9.44. The number of hydrogen-bond donors (Lipinski definition) is 1. The Balaban J connectivity index is 3.11. The minimum absolute atomic E-state index is 0.122. The molecule has 108 valence electrons. The van der Waals surface area contributed by atoms with E-state index in [2.05, 4.69) is 32.6 Å². The summed E-state index contributed by atoms with van der Waals surface area (Å²) in [5, 5.41) is 9.22. The summed E-state index contributed by atoms with van der Waals surface area (Å²) in [5.41, 5.74) is 1.51. The number of aliphatic hydroxyl groups is 1. The van der Waals surface area contributed by atoms with Gasteiger partial charge in [0.05, 0.1) is 6.61 Å².